The van der Waals surface area contributed by atoms with Crippen LogP contribution in [0.25, 0.3) is 0 Å². The third-order valence-electron chi connectivity index (χ3n) is 2.37. The summed E-state index contributed by atoms with van der Waals surface area (Å²) in [4.78, 5) is 10.7. The zero-order valence-electron chi connectivity index (χ0n) is 8.41. The lowest BCUT2D eigenvalue weighted by molar-refractivity contribution is -0.385. The molecule has 0 aliphatic heterocycles. The van der Waals surface area contributed by atoms with Gasteiger partial charge < -0.3 is 0 Å². The number of nitrogens with zero attached hydrogens (tertiary/aromatic N) is 1. The van der Waals surface area contributed by atoms with Crippen LogP contribution in [0.3, 0.4) is 0 Å². The average molecular weight is 337 g/mol. The maximum Gasteiger partial charge on any atom is 0.274 e. The Morgan fingerprint density at radius 3 is 2.47 bits per heavy atom. The van der Waals surface area contributed by atoms with Crippen molar-refractivity contribution in [1.29, 1.82) is 0 Å². The van der Waals surface area contributed by atoms with Crippen LogP contribution < -0.4 is 0 Å². The van der Waals surface area contributed by atoms with Crippen LogP contribution in [0, 0.1) is 10.1 Å². The summed E-state index contributed by atoms with van der Waals surface area (Å²) in [7, 11) is 0. The van der Waals surface area contributed by atoms with Crippen LogP contribution in [0.15, 0.2) is 22.7 Å². The molecule has 0 aliphatic carbocycles. The molecule has 0 saturated heterocycles. The van der Waals surface area contributed by atoms with E-state index in [1.54, 1.807) is 12.1 Å². The van der Waals surface area contributed by atoms with Gasteiger partial charge in [-0.15, -0.1) is 0 Å². The van der Waals surface area contributed by atoms with Gasteiger partial charge in [-0.1, -0.05) is 51.8 Å². The summed E-state index contributed by atoms with van der Waals surface area (Å²) in [6.45, 7) is 3.95. The topological polar surface area (TPSA) is 43.1 Å². The van der Waals surface area contributed by atoms with Crippen LogP contribution in [0.4, 0.5) is 5.69 Å². The van der Waals surface area contributed by atoms with E-state index in [4.69, 9.17) is 0 Å². The first-order valence-electron chi connectivity index (χ1n) is 4.51. The van der Waals surface area contributed by atoms with Gasteiger partial charge in [-0.3, -0.25) is 10.1 Å². The van der Waals surface area contributed by atoms with E-state index in [0.29, 0.717) is 0 Å². The number of hydrogen-bond acceptors (Lipinski definition) is 2. The molecule has 0 radical (unpaired) electrons. The minimum absolute atomic E-state index is 0.110. The summed E-state index contributed by atoms with van der Waals surface area (Å²) in [5, 5.41) is 10.9. The normalized spacial score (nSPS) is 14.7. The molecule has 2 unspecified atom stereocenters. The number of halogens is 2. The molecular weight excluding hydrogens is 326 g/mol. The van der Waals surface area contributed by atoms with Crippen molar-refractivity contribution in [3.05, 3.63) is 38.3 Å². The van der Waals surface area contributed by atoms with Crippen molar-refractivity contribution in [2.24, 2.45) is 0 Å². The molecule has 3 nitrogen and oxygen atoms in total. The fourth-order valence-corrected chi connectivity index (χ4v) is 1.94. The predicted molar refractivity (Wildman–Crippen MR) is 67.6 cm³/mol. The second kappa shape index (κ2) is 5.07. The van der Waals surface area contributed by atoms with Gasteiger partial charge in [0.25, 0.3) is 5.69 Å². The van der Waals surface area contributed by atoms with Gasteiger partial charge in [0.1, 0.15) is 0 Å². The van der Waals surface area contributed by atoms with Crippen molar-refractivity contribution in [1.82, 2.24) is 0 Å². The largest absolute Gasteiger partial charge is 0.274 e. The van der Waals surface area contributed by atoms with Gasteiger partial charge in [-0.2, -0.15) is 0 Å². The molecule has 0 spiro atoms. The van der Waals surface area contributed by atoms with E-state index in [0.717, 1.165) is 10.0 Å². The Balaban J connectivity index is 3.22. The number of hydrogen-bond donors (Lipinski definition) is 0. The zero-order chi connectivity index (χ0) is 11.6. The summed E-state index contributed by atoms with van der Waals surface area (Å²) < 4.78 is 0.729. The molecule has 0 heterocycles. The van der Waals surface area contributed by atoms with Crippen LogP contribution >= 0.6 is 31.9 Å². The van der Waals surface area contributed by atoms with Gasteiger partial charge in [0.05, 0.1) is 4.92 Å². The summed E-state index contributed by atoms with van der Waals surface area (Å²) >= 11 is 6.68. The summed E-state index contributed by atoms with van der Waals surface area (Å²) in [5.74, 6) is 0.110. The minimum atomic E-state index is -0.341. The van der Waals surface area contributed by atoms with E-state index in [2.05, 4.69) is 31.9 Å². The number of benzene rings is 1. The minimum Gasteiger partial charge on any atom is -0.258 e. The van der Waals surface area contributed by atoms with E-state index >= 15 is 0 Å². The lowest BCUT2D eigenvalue weighted by atomic mass is 9.97. The first-order chi connectivity index (χ1) is 6.93. The van der Waals surface area contributed by atoms with Gasteiger partial charge in [-0.05, 0) is 6.07 Å². The molecule has 0 fully saturated rings. The third kappa shape index (κ3) is 3.01. The monoisotopic (exact) mass is 335 g/mol. The van der Waals surface area contributed by atoms with E-state index in [-0.39, 0.29) is 21.4 Å². The molecule has 15 heavy (non-hydrogen) atoms. The molecule has 0 amide bonds. The molecule has 1 rings (SSSR count). The fourth-order valence-electron chi connectivity index (χ4n) is 1.31. The average Bonchev–Trinajstić information content (AvgIpc) is 2.16. The summed E-state index contributed by atoms with van der Waals surface area (Å²) in [6, 6.07) is 5.17. The van der Waals surface area contributed by atoms with Gasteiger partial charge in [0.2, 0.25) is 0 Å². The van der Waals surface area contributed by atoms with Crippen molar-refractivity contribution in [3.63, 3.8) is 0 Å². The Bertz CT molecular complexity index is 380. The molecule has 0 aliphatic rings. The highest BCUT2D eigenvalue weighted by atomic mass is 79.9. The molecule has 1 aromatic rings. The van der Waals surface area contributed by atoms with E-state index in [1.807, 2.05) is 19.9 Å². The predicted octanol–water partition coefficient (Wildman–Crippen LogP) is 4.24. The SMILES string of the molecule is CC(Br)C(C)c1ccc(Br)cc1[N+](=O)[O-]. The number of nitro benzene ring substituents is 1. The van der Waals surface area contributed by atoms with E-state index < -0.39 is 0 Å². The lowest BCUT2D eigenvalue weighted by Gasteiger charge is -2.14. The Morgan fingerprint density at radius 2 is 2.00 bits per heavy atom. The Hall–Kier alpha value is -0.420. The first-order valence-corrected chi connectivity index (χ1v) is 6.22. The zero-order valence-corrected chi connectivity index (χ0v) is 11.6. The summed E-state index contributed by atoms with van der Waals surface area (Å²) in [6.07, 6.45) is 0. The van der Waals surface area contributed by atoms with Gasteiger partial charge >= 0.3 is 0 Å². The van der Waals surface area contributed by atoms with E-state index in [9.17, 15) is 10.1 Å². The fraction of sp³-hybridized carbons (Fsp3) is 0.400. The highest BCUT2D eigenvalue weighted by Crippen LogP contribution is 2.33. The molecule has 1 aromatic carbocycles. The smallest absolute Gasteiger partial charge is 0.258 e. The van der Waals surface area contributed by atoms with Crippen LogP contribution in [-0.4, -0.2) is 9.75 Å². The first kappa shape index (κ1) is 12.6. The lowest BCUT2D eigenvalue weighted by Crippen LogP contribution is -2.07. The molecular formula is C10H11Br2NO2. The Labute approximate surface area is 105 Å². The maximum atomic E-state index is 10.9. The highest BCUT2D eigenvalue weighted by Gasteiger charge is 2.21. The van der Waals surface area contributed by atoms with Crippen LogP contribution in [0.2, 0.25) is 0 Å². The molecule has 0 saturated carbocycles. The van der Waals surface area contributed by atoms with Crippen LogP contribution in [-0.2, 0) is 0 Å². The van der Waals surface area contributed by atoms with Crippen molar-refractivity contribution in [3.8, 4) is 0 Å². The molecule has 0 aromatic heterocycles. The molecule has 0 bridgehead atoms. The quantitative estimate of drug-likeness (QED) is 0.470. The molecule has 0 N–H and O–H groups in total. The summed E-state index contributed by atoms with van der Waals surface area (Å²) in [5.41, 5.74) is 0.927. The van der Waals surface area contributed by atoms with E-state index in [1.165, 1.54) is 0 Å². The third-order valence-corrected chi connectivity index (χ3v) is 3.65. The number of nitro groups is 1. The molecule has 5 heteroatoms. The van der Waals surface area contributed by atoms with Crippen LogP contribution in [0.1, 0.15) is 25.3 Å². The van der Waals surface area contributed by atoms with Gasteiger partial charge in [0.15, 0.2) is 0 Å². The molecule has 2 atom stereocenters. The highest BCUT2D eigenvalue weighted by molar-refractivity contribution is 9.10. The second-order valence-corrected chi connectivity index (χ2v) is 5.79. The molecule has 82 valence electrons. The van der Waals surface area contributed by atoms with Crippen molar-refractivity contribution in [2.45, 2.75) is 24.6 Å². The van der Waals surface area contributed by atoms with Crippen LogP contribution in [0.5, 0.6) is 0 Å². The van der Waals surface area contributed by atoms with Crippen molar-refractivity contribution < 1.29 is 4.92 Å². The maximum absolute atomic E-state index is 10.9. The number of alkyl halides is 1. The Kier molecular flexibility index (Phi) is 4.28. The van der Waals surface area contributed by atoms with Crippen molar-refractivity contribution >= 4 is 37.5 Å². The number of rotatable bonds is 3. The second-order valence-electron chi connectivity index (χ2n) is 3.43. The Morgan fingerprint density at radius 1 is 1.40 bits per heavy atom. The van der Waals surface area contributed by atoms with Gasteiger partial charge in [-0.25, -0.2) is 0 Å². The standard InChI is InChI=1S/C10H11Br2NO2/c1-6(7(2)11)9-4-3-8(12)5-10(9)13(14)15/h3-7H,1-2H3. The van der Waals surface area contributed by atoms with Gasteiger partial charge in [0, 0.05) is 26.8 Å². The van der Waals surface area contributed by atoms with Crippen molar-refractivity contribution in [2.75, 3.05) is 0 Å².